The summed E-state index contributed by atoms with van der Waals surface area (Å²) < 4.78 is 9.06. The zero-order valence-electron chi connectivity index (χ0n) is 11.0. The van der Waals surface area contributed by atoms with Crippen LogP contribution in [0.15, 0.2) is 24.3 Å². The molecule has 0 bridgehead atoms. The van der Waals surface area contributed by atoms with Gasteiger partial charge in [0.1, 0.15) is 6.61 Å². The van der Waals surface area contributed by atoms with Crippen LogP contribution in [0, 0.1) is 12.3 Å². The van der Waals surface area contributed by atoms with Crippen molar-refractivity contribution in [3.8, 4) is 18.1 Å². The summed E-state index contributed by atoms with van der Waals surface area (Å²) in [6.45, 7) is -0.000473. The molecule has 20 heavy (non-hydrogen) atoms. The van der Waals surface area contributed by atoms with Crippen molar-refractivity contribution in [3.05, 3.63) is 24.3 Å². The van der Waals surface area contributed by atoms with Gasteiger partial charge in [-0.05, 0) is 6.07 Å². The highest BCUT2D eigenvalue weighted by Crippen LogP contribution is 2.38. The van der Waals surface area contributed by atoms with Crippen molar-refractivity contribution in [1.82, 2.24) is 3.89 Å². The van der Waals surface area contributed by atoms with E-state index in [2.05, 4.69) is 10.7 Å². The third kappa shape index (κ3) is 3.44. The number of carbonyl (C=O) groups is 2. The van der Waals surface area contributed by atoms with Crippen molar-refractivity contribution in [2.75, 3.05) is 20.8 Å². The Morgan fingerprint density at radius 2 is 2.10 bits per heavy atom. The molecule has 1 amide bonds. The first kappa shape index (κ1) is 15.9. The minimum Gasteiger partial charge on any atom is -0.475 e. The van der Waals surface area contributed by atoms with E-state index >= 15 is 0 Å². The Morgan fingerprint density at radius 1 is 1.45 bits per heavy atom. The van der Waals surface area contributed by atoms with E-state index in [4.69, 9.17) is 11.2 Å². The van der Waals surface area contributed by atoms with Gasteiger partial charge in [-0.1, -0.05) is 18.1 Å². The van der Waals surface area contributed by atoms with Crippen molar-refractivity contribution < 1.29 is 24.2 Å². The fourth-order valence-electron chi connectivity index (χ4n) is 1.43. The van der Waals surface area contributed by atoms with Gasteiger partial charge in [-0.25, -0.2) is 4.79 Å². The molecule has 0 aliphatic carbocycles. The molecule has 0 aliphatic rings. The van der Waals surface area contributed by atoms with Crippen LogP contribution in [0.25, 0.3) is 0 Å². The van der Waals surface area contributed by atoms with Crippen molar-refractivity contribution in [1.29, 1.82) is 0 Å². The van der Waals surface area contributed by atoms with E-state index in [0.29, 0.717) is 17.7 Å². The SMILES string of the molecule is C#CCOc1ccccc1[N+](C)(SC(=O)OC)C(=O)O. The van der Waals surface area contributed by atoms with Gasteiger partial charge in [0.05, 0.1) is 14.2 Å². The molecular formula is C13H14NO5S+. The molecule has 7 heteroatoms. The molecule has 1 N–H and O–H groups in total. The summed E-state index contributed by atoms with van der Waals surface area (Å²) in [6.07, 6.45) is 3.88. The number of methoxy groups -OCH3 is 1. The van der Waals surface area contributed by atoms with Crippen LogP contribution in [-0.4, -0.2) is 37.3 Å². The number of para-hydroxylation sites is 2. The lowest BCUT2D eigenvalue weighted by Gasteiger charge is -2.24. The summed E-state index contributed by atoms with van der Waals surface area (Å²) >= 11 is 0.501. The van der Waals surface area contributed by atoms with Gasteiger partial charge in [0, 0.05) is 6.07 Å². The molecule has 0 aliphatic heterocycles. The van der Waals surface area contributed by atoms with Crippen LogP contribution < -0.4 is 8.63 Å². The van der Waals surface area contributed by atoms with Gasteiger partial charge < -0.3 is 14.6 Å². The van der Waals surface area contributed by atoms with Crippen molar-refractivity contribution >= 4 is 29.0 Å². The predicted molar refractivity (Wildman–Crippen MR) is 76.5 cm³/mol. The zero-order chi connectivity index (χ0) is 15.2. The second-order valence-electron chi connectivity index (χ2n) is 3.71. The minimum atomic E-state index is -1.24. The van der Waals surface area contributed by atoms with Crippen molar-refractivity contribution in [2.24, 2.45) is 0 Å². The van der Waals surface area contributed by atoms with Gasteiger partial charge in [0.25, 0.3) is 0 Å². The molecule has 0 radical (unpaired) electrons. The highest BCUT2D eigenvalue weighted by atomic mass is 32.2. The van der Waals surface area contributed by atoms with Crippen LogP contribution in [-0.2, 0) is 4.74 Å². The molecule has 0 aromatic heterocycles. The number of hydrogen-bond donors (Lipinski definition) is 1. The molecule has 1 rings (SSSR count). The Kier molecular flexibility index (Phi) is 5.43. The highest BCUT2D eigenvalue weighted by molar-refractivity contribution is 8.13. The number of nitrogens with zero attached hydrogens (tertiary/aromatic N) is 1. The predicted octanol–water partition coefficient (Wildman–Crippen LogP) is 2.73. The third-order valence-corrected chi connectivity index (χ3v) is 3.46. The normalized spacial score (nSPS) is 12.8. The largest absolute Gasteiger partial charge is 0.531 e. The summed E-state index contributed by atoms with van der Waals surface area (Å²) in [6, 6.07) is 6.47. The Bertz CT molecular complexity index is 554. The molecule has 1 aromatic carbocycles. The third-order valence-electron chi connectivity index (χ3n) is 2.42. The maximum absolute atomic E-state index is 11.5. The lowest BCUT2D eigenvalue weighted by atomic mass is 10.3. The minimum absolute atomic E-state index is 0.000473. The molecule has 0 fully saturated rings. The molecule has 1 atom stereocenters. The van der Waals surface area contributed by atoms with E-state index in [1.54, 1.807) is 24.3 Å². The summed E-state index contributed by atoms with van der Waals surface area (Å²) in [7, 11) is 2.53. The first-order valence-electron chi connectivity index (χ1n) is 5.49. The van der Waals surface area contributed by atoms with E-state index in [1.165, 1.54) is 14.2 Å². The standard InChI is InChI=1S/C13H13NO5S/c1-4-9-19-11-8-6-5-7-10(11)14(2,12(15)16)20-13(17)18-3/h1,5-8H,9H2,2-3H3/p+1. The van der Waals surface area contributed by atoms with Crippen LogP contribution in [0.2, 0.25) is 0 Å². The zero-order valence-corrected chi connectivity index (χ0v) is 11.8. The number of amides is 1. The van der Waals surface area contributed by atoms with Gasteiger partial charge >= 0.3 is 11.4 Å². The summed E-state index contributed by atoms with van der Waals surface area (Å²) in [5.74, 6) is 2.60. The molecule has 1 unspecified atom stereocenters. The first-order valence-corrected chi connectivity index (χ1v) is 6.26. The number of rotatable bonds is 3. The molecule has 0 saturated carbocycles. The molecule has 6 nitrogen and oxygen atoms in total. The Labute approximate surface area is 121 Å². The summed E-state index contributed by atoms with van der Waals surface area (Å²) in [4.78, 5) is 23.0. The van der Waals surface area contributed by atoms with Crippen LogP contribution >= 0.6 is 11.9 Å². The average molecular weight is 296 g/mol. The van der Waals surface area contributed by atoms with Crippen molar-refractivity contribution in [3.63, 3.8) is 0 Å². The van der Waals surface area contributed by atoms with Crippen LogP contribution in [0.3, 0.4) is 0 Å². The monoisotopic (exact) mass is 296 g/mol. The topological polar surface area (TPSA) is 72.8 Å². The molecule has 0 heterocycles. The van der Waals surface area contributed by atoms with Gasteiger partial charge in [-0.2, -0.15) is 4.79 Å². The van der Waals surface area contributed by atoms with Gasteiger partial charge in [-0.15, -0.1) is 10.3 Å². The van der Waals surface area contributed by atoms with E-state index in [0.717, 1.165) is 0 Å². The van der Waals surface area contributed by atoms with E-state index < -0.39 is 15.3 Å². The maximum atomic E-state index is 11.5. The number of benzene rings is 1. The first-order chi connectivity index (χ1) is 9.45. The molecule has 1 aromatic rings. The quantitative estimate of drug-likeness (QED) is 0.400. The van der Waals surface area contributed by atoms with Gasteiger partial charge in [0.15, 0.2) is 11.4 Å². The number of quaternary nitrogens is 1. The average Bonchev–Trinajstić information content (AvgIpc) is 2.44. The maximum Gasteiger partial charge on any atom is 0.531 e. The van der Waals surface area contributed by atoms with Crippen molar-refractivity contribution in [2.45, 2.75) is 0 Å². The number of terminal acetylenes is 1. The lowest BCUT2D eigenvalue weighted by molar-refractivity contribution is 0.177. The second kappa shape index (κ2) is 6.84. The van der Waals surface area contributed by atoms with Crippen LogP contribution in [0.1, 0.15) is 0 Å². The molecular weight excluding hydrogens is 282 g/mol. The molecule has 0 saturated heterocycles. The summed E-state index contributed by atoms with van der Waals surface area (Å²) in [5.41, 5.74) is 0.283. The van der Waals surface area contributed by atoms with E-state index in [9.17, 15) is 14.7 Å². The fourth-order valence-corrected chi connectivity index (χ4v) is 2.13. The number of hydrogen-bond acceptors (Lipinski definition) is 5. The van der Waals surface area contributed by atoms with E-state index in [-0.39, 0.29) is 12.3 Å². The molecule has 106 valence electrons. The lowest BCUT2D eigenvalue weighted by Crippen LogP contribution is -2.44. The summed E-state index contributed by atoms with van der Waals surface area (Å²) in [5, 5.41) is 8.71. The Hall–Kier alpha value is -2.17. The van der Waals surface area contributed by atoms with Gasteiger partial charge in [-0.3, -0.25) is 0 Å². The smallest absolute Gasteiger partial charge is 0.475 e. The van der Waals surface area contributed by atoms with E-state index in [1.807, 2.05) is 0 Å². The van der Waals surface area contributed by atoms with Crippen LogP contribution in [0.5, 0.6) is 5.75 Å². The van der Waals surface area contributed by atoms with Crippen LogP contribution in [0.4, 0.5) is 15.3 Å². The number of carbonyl (C=O) groups excluding carboxylic acids is 1. The second-order valence-corrected chi connectivity index (χ2v) is 4.96. The molecule has 0 spiro atoms. The number of carboxylic acid groups (broad SMARTS) is 1. The Morgan fingerprint density at radius 3 is 2.65 bits per heavy atom. The fraction of sp³-hybridized carbons (Fsp3) is 0.231. The Balaban J connectivity index is 3.25. The number of ether oxygens (including phenoxy) is 2. The van der Waals surface area contributed by atoms with Gasteiger partial charge in [0.2, 0.25) is 11.9 Å². The highest BCUT2D eigenvalue weighted by Gasteiger charge is 2.43.